The molecule has 0 radical (unpaired) electrons. The molecule has 1 atom stereocenters. The number of halogens is 1. The van der Waals surface area contributed by atoms with E-state index in [0.717, 1.165) is 63.7 Å². The van der Waals surface area contributed by atoms with E-state index in [4.69, 9.17) is 9.47 Å². The summed E-state index contributed by atoms with van der Waals surface area (Å²) in [6, 6.07) is 9.51. The second-order valence-corrected chi connectivity index (χ2v) is 11.7. The highest BCUT2D eigenvalue weighted by molar-refractivity contribution is 5.80. The van der Waals surface area contributed by atoms with Crippen molar-refractivity contribution >= 4 is 11.8 Å². The van der Waals surface area contributed by atoms with Gasteiger partial charge in [-0.2, -0.15) is 0 Å². The maximum Gasteiger partial charge on any atom is 0.224 e. The minimum Gasteiger partial charge on any atom is -0.504 e. The molecule has 4 rings (SSSR count). The molecule has 9 heteroatoms. The second-order valence-electron chi connectivity index (χ2n) is 11.7. The maximum atomic E-state index is 14.1. The number of likely N-dealkylation sites (tertiary alicyclic amines) is 1. The molecule has 0 bridgehead atoms. The zero-order valence-corrected chi connectivity index (χ0v) is 24.5. The summed E-state index contributed by atoms with van der Waals surface area (Å²) in [6.45, 7) is 4.44. The van der Waals surface area contributed by atoms with Crippen LogP contribution in [0.3, 0.4) is 0 Å². The van der Waals surface area contributed by atoms with Gasteiger partial charge < -0.3 is 30.1 Å². The van der Waals surface area contributed by atoms with Crippen molar-refractivity contribution in [1.29, 1.82) is 0 Å². The molecule has 2 fully saturated rings. The van der Waals surface area contributed by atoms with Crippen molar-refractivity contribution < 1.29 is 28.6 Å². The van der Waals surface area contributed by atoms with E-state index in [1.807, 2.05) is 6.07 Å². The molecule has 2 aromatic carbocycles. The van der Waals surface area contributed by atoms with Crippen molar-refractivity contribution in [2.24, 2.45) is 5.92 Å². The smallest absolute Gasteiger partial charge is 0.224 e. The number of amides is 2. The van der Waals surface area contributed by atoms with Crippen LogP contribution in [0.2, 0.25) is 0 Å². The molecular weight excluding hydrogens is 525 g/mol. The molecule has 1 aliphatic carbocycles. The maximum absolute atomic E-state index is 14.1. The average molecular weight is 570 g/mol. The lowest BCUT2D eigenvalue weighted by Gasteiger charge is -2.40. The topological polar surface area (TPSA) is 100 Å². The van der Waals surface area contributed by atoms with E-state index in [9.17, 15) is 19.1 Å². The number of hydrogen-bond acceptors (Lipinski definition) is 6. The normalized spacial score (nSPS) is 18.3. The van der Waals surface area contributed by atoms with Crippen molar-refractivity contribution in [2.75, 3.05) is 33.9 Å². The van der Waals surface area contributed by atoms with Crippen LogP contribution in [-0.2, 0) is 16.0 Å². The lowest BCUT2D eigenvalue weighted by atomic mass is 9.88. The highest BCUT2D eigenvalue weighted by Gasteiger charge is 2.32. The Bertz CT molecular complexity index is 1190. The third-order valence-electron chi connectivity index (χ3n) is 8.56. The number of aromatic hydroxyl groups is 1. The van der Waals surface area contributed by atoms with Gasteiger partial charge in [-0.3, -0.25) is 9.59 Å². The van der Waals surface area contributed by atoms with E-state index in [1.54, 1.807) is 12.1 Å². The monoisotopic (exact) mass is 569 g/mol. The largest absolute Gasteiger partial charge is 0.504 e. The molecule has 0 aromatic heterocycles. The summed E-state index contributed by atoms with van der Waals surface area (Å²) >= 11 is 0. The molecule has 3 N–H and O–H groups in total. The van der Waals surface area contributed by atoms with Crippen molar-refractivity contribution in [3.05, 3.63) is 53.3 Å². The Morgan fingerprint density at radius 2 is 1.83 bits per heavy atom. The number of nitrogens with zero attached hydrogens (tertiary/aromatic N) is 1. The molecular formula is C32H44FN3O5. The van der Waals surface area contributed by atoms with Crippen LogP contribution in [0.5, 0.6) is 17.2 Å². The van der Waals surface area contributed by atoms with Crippen LogP contribution in [0.15, 0.2) is 36.4 Å². The number of phenols is 1. The third-order valence-corrected chi connectivity index (χ3v) is 8.56. The van der Waals surface area contributed by atoms with Crippen LogP contribution in [0.1, 0.15) is 75.5 Å². The summed E-state index contributed by atoms with van der Waals surface area (Å²) in [6.07, 6.45) is 7.58. The van der Waals surface area contributed by atoms with Crippen molar-refractivity contribution in [3.63, 3.8) is 0 Å². The van der Waals surface area contributed by atoms with Crippen LogP contribution in [0, 0.1) is 11.7 Å². The van der Waals surface area contributed by atoms with Gasteiger partial charge in [0.2, 0.25) is 17.6 Å². The molecule has 224 valence electrons. The van der Waals surface area contributed by atoms with Crippen LogP contribution in [0.25, 0.3) is 0 Å². The van der Waals surface area contributed by atoms with Gasteiger partial charge in [0.05, 0.1) is 26.7 Å². The Labute approximate surface area is 242 Å². The lowest BCUT2D eigenvalue weighted by molar-refractivity contribution is -0.126. The first-order valence-corrected chi connectivity index (χ1v) is 14.7. The number of hydrogen-bond donors (Lipinski definition) is 3. The molecule has 0 spiro atoms. The van der Waals surface area contributed by atoms with Gasteiger partial charge >= 0.3 is 0 Å². The highest BCUT2D eigenvalue weighted by atomic mass is 19.1. The Kier molecular flexibility index (Phi) is 10.5. The number of phenolic OH excluding ortho intramolecular Hbond substituents is 1. The number of methoxy groups -OCH3 is 2. The Morgan fingerprint density at radius 3 is 2.49 bits per heavy atom. The Morgan fingerprint density at radius 1 is 1.10 bits per heavy atom. The van der Waals surface area contributed by atoms with E-state index < -0.39 is 0 Å². The minimum absolute atomic E-state index is 0.0436. The molecule has 1 saturated heterocycles. The fourth-order valence-electron chi connectivity index (χ4n) is 6.07. The summed E-state index contributed by atoms with van der Waals surface area (Å²) in [5.74, 6) is 0.250. The van der Waals surface area contributed by atoms with Gasteiger partial charge in [-0.05, 0) is 74.4 Å². The number of piperidine rings is 1. The van der Waals surface area contributed by atoms with Gasteiger partial charge in [0.15, 0.2) is 11.5 Å². The first kappa shape index (κ1) is 30.6. The average Bonchev–Trinajstić information content (AvgIpc) is 2.96. The summed E-state index contributed by atoms with van der Waals surface area (Å²) < 4.78 is 24.5. The predicted octanol–water partition coefficient (Wildman–Crippen LogP) is 4.89. The predicted molar refractivity (Wildman–Crippen MR) is 156 cm³/mol. The molecule has 8 nitrogen and oxygen atoms in total. The zero-order chi connectivity index (χ0) is 29.4. The summed E-state index contributed by atoms with van der Waals surface area (Å²) in [5.41, 5.74) is 1.09. The number of ether oxygens (including phenoxy) is 2. The van der Waals surface area contributed by atoms with E-state index in [2.05, 4.69) is 22.5 Å². The summed E-state index contributed by atoms with van der Waals surface area (Å²) in [7, 11) is 2.94. The molecule has 41 heavy (non-hydrogen) atoms. The lowest BCUT2D eigenvalue weighted by Crippen LogP contribution is -2.54. The van der Waals surface area contributed by atoms with E-state index in [0.29, 0.717) is 17.7 Å². The summed E-state index contributed by atoms with van der Waals surface area (Å²) in [4.78, 5) is 28.3. The van der Waals surface area contributed by atoms with E-state index in [-0.39, 0.29) is 53.1 Å². The van der Waals surface area contributed by atoms with Gasteiger partial charge in [0, 0.05) is 31.1 Å². The molecule has 0 unspecified atom stereocenters. The Balaban J connectivity index is 1.30. The fourth-order valence-corrected chi connectivity index (χ4v) is 6.07. The molecule has 2 amide bonds. The minimum atomic E-state index is -0.344. The molecule has 1 saturated carbocycles. The van der Waals surface area contributed by atoms with Gasteiger partial charge in [0.25, 0.3) is 0 Å². The Hall–Kier alpha value is -3.33. The van der Waals surface area contributed by atoms with Crippen molar-refractivity contribution in [1.82, 2.24) is 15.5 Å². The van der Waals surface area contributed by atoms with Crippen LogP contribution >= 0.6 is 0 Å². The zero-order valence-electron chi connectivity index (χ0n) is 24.5. The number of carbonyl (C=O) groups is 2. The van der Waals surface area contributed by atoms with E-state index >= 15 is 0 Å². The van der Waals surface area contributed by atoms with Gasteiger partial charge in [-0.15, -0.1) is 0 Å². The molecule has 1 heterocycles. The quantitative estimate of drug-likeness (QED) is 0.356. The first-order valence-electron chi connectivity index (χ1n) is 14.7. The van der Waals surface area contributed by atoms with Gasteiger partial charge in [0.1, 0.15) is 5.82 Å². The highest BCUT2D eigenvalue weighted by Crippen LogP contribution is 2.37. The van der Waals surface area contributed by atoms with Crippen molar-refractivity contribution in [3.8, 4) is 17.2 Å². The van der Waals surface area contributed by atoms with Crippen LogP contribution < -0.4 is 20.1 Å². The number of nitrogens with one attached hydrogen (secondary N) is 2. The second kappa shape index (κ2) is 14.0. The van der Waals surface area contributed by atoms with E-state index in [1.165, 1.54) is 38.8 Å². The first-order chi connectivity index (χ1) is 19.7. The van der Waals surface area contributed by atoms with Crippen LogP contribution in [0.4, 0.5) is 4.39 Å². The van der Waals surface area contributed by atoms with Crippen molar-refractivity contribution in [2.45, 2.75) is 76.3 Å². The van der Waals surface area contributed by atoms with Gasteiger partial charge in [-0.25, -0.2) is 4.39 Å². The van der Waals surface area contributed by atoms with Gasteiger partial charge in [-0.1, -0.05) is 31.4 Å². The molecule has 1 aliphatic heterocycles. The fraction of sp³-hybridized carbons (Fsp3) is 0.562. The molecule has 2 aromatic rings. The number of benzene rings is 2. The molecule has 2 aliphatic rings. The SMILES string of the molecule is COc1cc(CC(=O)NC2(C)CCN(CC[C@H](NC(=O)C3CCCCC3)c3cccc(F)c3)CC2)cc(O)c1OC. The summed E-state index contributed by atoms with van der Waals surface area (Å²) in [5, 5.41) is 16.6. The number of carbonyl (C=O) groups excluding carboxylic acids is 2. The number of rotatable bonds is 11. The standard InChI is InChI=1S/C32H44FN3O5/c1-32(35-29(38)20-22-18-27(37)30(41-3)28(19-22)40-2)13-16-36(17-14-32)15-12-26(24-10-7-11-25(33)21-24)34-31(39)23-8-5-4-6-9-23/h7,10-11,18-19,21,23,26,37H,4-6,8-9,12-17,20H2,1-3H3,(H,34,39)(H,35,38)/t26-/m0/s1. The third kappa shape index (κ3) is 8.35. The van der Waals surface area contributed by atoms with Crippen LogP contribution in [-0.4, -0.2) is 61.2 Å².